The molecule has 0 atom stereocenters. The molecule has 0 fully saturated rings. The molecule has 1 N–H and O–H groups in total. The standard InChI is InChI=1S/C7H6F2.CH2O2/c8-7(9)6-4-2-1-3-5-6;2-1-3/h1-5,7H;1H,(H,2,3). The van der Waals surface area contributed by atoms with Crippen molar-refractivity contribution in [3.8, 4) is 0 Å². The van der Waals surface area contributed by atoms with Gasteiger partial charge in [-0.15, -0.1) is 0 Å². The van der Waals surface area contributed by atoms with Gasteiger partial charge in [-0.25, -0.2) is 8.78 Å². The molecule has 2 nitrogen and oxygen atoms in total. The van der Waals surface area contributed by atoms with E-state index in [1.165, 1.54) is 12.1 Å². The normalized spacial score (nSPS) is 8.58. The highest BCUT2D eigenvalue weighted by molar-refractivity contribution is 5.32. The number of hydrogen-bond acceptors (Lipinski definition) is 1. The molecule has 4 heteroatoms. The first-order chi connectivity index (χ1) is 5.72. The molecule has 0 aliphatic rings. The van der Waals surface area contributed by atoms with Crippen LogP contribution in [0.4, 0.5) is 8.78 Å². The van der Waals surface area contributed by atoms with Gasteiger partial charge in [0.25, 0.3) is 12.9 Å². The zero-order valence-corrected chi connectivity index (χ0v) is 6.15. The quantitative estimate of drug-likeness (QED) is 0.663. The highest BCUT2D eigenvalue weighted by Crippen LogP contribution is 2.16. The van der Waals surface area contributed by atoms with E-state index in [0.717, 1.165) is 0 Å². The Morgan fingerprint density at radius 1 is 1.25 bits per heavy atom. The zero-order chi connectivity index (χ0) is 9.40. The third kappa shape index (κ3) is 4.38. The minimum absolute atomic E-state index is 0.0810. The van der Waals surface area contributed by atoms with Gasteiger partial charge in [0.15, 0.2) is 0 Å². The maximum atomic E-state index is 11.8. The van der Waals surface area contributed by atoms with E-state index in [0.29, 0.717) is 0 Å². The van der Waals surface area contributed by atoms with Crippen LogP contribution in [0.25, 0.3) is 0 Å². The molecule has 0 unspecified atom stereocenters. The van der Waals surface area contributed by atoms with E-state index < -0.39 is 6.43 Å². The van der Waals surface area contributed by atoms with E-state index in [1.54, 1.807) is 18.2 Å². The van der Waals surface area contributed by atoms with Crippen LogP contribution in [-0.2, 0) is 4.79 Å². The number of alkyl halides is 2. The summed E-state index contributed by atoms with van der Waals surface area (Å²) in [6.07, 6.45) is -2.34. The van der Waals surface area contributed by atoms with Gasteiger partial charge in [0.1, 0.15) is 0 Å². The molecule has 0 spiro atoms. The van der Waals surface area contributed by atoms with Crippen molar-refractivity contribution < 1.29 is 18.7 Å². The van der Waals surface area contributed by atoms with Crippen molar-refractivity contribution in [1.82, 2.24) is 0 Å². The highest BCUT2D eigenvalue weighted by atomic mass is 19.3. The van der Waals surface area contributed by atoms with E-state index in [4.69, 9.17) is 9.90 Å². The van der Waals surface area contributed by atoms with Crippen LogP contribution in [0.3, 0.4) is 0 Å². The Morgan fingerprint density at radius 3 is 1.92 bits per heavy atom. The summed E-state index contributed by atoms with van der Waals surface area (Å²) in [5.74, 6) is 0. The smallest absolute Gasteiger partial charge is 0.290 e. The largest absolute Gasteiger partial charge is 0.483 e. The van der Waals surface area contributed by atoms with Gasteiger partial charge >= 0.3 is 0 Å². The molecular formula is C8H8F2O2. The molecule has 1 rings (SSSR count). The summed E-state index contributed by atoms with van der Waals surface area (Å²) in [5.41, 5.74) is 0.0810. The molecule has 0 aromatic heterocycles. The van der Waals surface area contributed by atoms with Crippen molar-refractivity contribution in [3.63, 3.8) is 0 Å². The van der Waals surface area contributed by atoms with E-state index in [-0.39, 0.29) is 12.0 Å². The molecule has 12 heavy (non-hydrogen) atoms. The summed E-state index contributed by atoms with van der Waals surface area (Å²) >= 11 is 0. The Balaban J connectivity index is 0.000000354. The molecule has 0 aliphatic carbocycles. The van der Waals surface area contributed by atoms with Crippen molar-refractivity contribution in [2.75, 3.05) is 0 Å². The number of benzene rings is 1. The van der Waals surface area contributed by atoms with Crippen LogP contribution in [0.5, 0.6) is 0 Å². The summed E-state index contributed by atoms with van der Waals surface area (Å²) < 4.78 is 23.5. The average molecular weight is 174 g/mol. The van der Waals surface area contributed by atoms with Gasteiger partial charge in [0, 0.05) is 5.56 Å². The Bertz CT molecular complexity index is 212. The first-order valence-electron chi connectivity index (χ1n) is 3.13. The second-order valence-corrected chi connectivity index (χ2v) is 1.82. The van der Waals surface area contributed by atoms with Crippen LogP contribution in [0.15, 0.2) is 30.3 Å². The summed E-state index contributed by atoms with van der Waals surface area (Å²) in [4.78, 5) is 8.36. The van der Waals surface area contributed by atoms with Gasteiger partial charge in [0.2, 0.25) is 0 Å². The highest BCUT2D eigenvalue weighted by Gasteiger charge is 2.02. The lowest BCUT2D eigenvalue weighted by Gasteiger charge is -1.94. The Hall–Kier alpha value is -1.45. The molecule has 0 aliphatic heterocycles. The second-order valence-electron chi connectivity index (χ2n) is 1.82. The van der Waals surface area contributed by atoms with Gasteiger partial charge in [-0.05, 0) is 0 Å². The maximum Gasteiger partial charge on any atom is 0.290 e. The summed E-state index contributed by atoms with van der Waals surface area (Å²) in [7, 11) is 0. The lowest BCUT2D eigenvalue weighted by Crippen LogP contribution is -1.79. The van der Waals surface area contributed by atoms with Crippen molar-refractivity contribution >= 4 is 6.47 Å². The Labute approximate surface area is 68.5 Å². The molecule has 0 amide bonds. The lowest BCUT2D eigenvalue weighted by atomic mass is 10.2. The van der Waals surface area contributed by atoms with Crippen LogP contribution >= 0.6 is 0 Å². The van der Waals surface area contributed by atoms with Gasteiger partial charge in [-0.3, -0.25) is 4.79 Å². The van der Waals surface area contributed by atoms with Crippen molar-refractivity contribution in [3.05, 3.63) is 35.9 Å². The number of rotatable bonds is 1. The summed E-state index contributed by atoms with van der Waals surface area (Å²) in [6.45, 7) is -0.250. The van der Waals surface area contributed by atoms with Crippen LogP contribution in [0.2, 0.25) is 0 Å². The van der Waals surface area contributed by atoms with Crippen LogP contribution < -0.4 is 0 Å². The number of halogens is 2. The Kier molecular flexibility index (Phi) is 5.51. The predicted octanol–water partition coefficient (Wildman–Crippen LogP) is 2.32. The van der Waals surface area contributed by atoms with Crippen molar-refractivity contribution in [1.29, 1.82) is 0 Å². The Morgan fingerprint density at radius 2 is 1.67 bits per heavy atom. The molecule has 1 aromatic rings. The molecule has 0 saturated carbocycles. The van der Waals surface area contributed by atoms with E-state index in [2.05, 4.69) is 0 Å². The zero-order valence-electron chi connectivity index (χ0n) is 6.15. The average Bonchev–Trinajstić information content (AvgIpc) is 2.07. The van der Waals surface area contributed by atoms with E-state index in [9.17, 15) is 8.78 Å². The number of carboxylic acid groups (broad SMARTS) is 1. The van der Waals surface area contributed by atoms with Crippen molar-refractivity contribution in [2.24, 2.45) is 0 Å². The fraction of sp³-hybridized carbons (Fsp3) is 0.125. The third-order valence-electron chi connectivity index (χ3n) is 1.05. The van der Waals surface area contributed by atoms with E-state index >= 15 is 0 Å². The van der Waals surface area contributed by atoms with Crippen LogP contribution in [0, 0.1) is 0 Å². The molecule has 0 bridgehead atoms. The molecule has 0 heterocycles. The number of carbonyl (C=O) groups is 1. The molecular weight excluding hydrogens is 166 g/mol. The topological polar surface area (TPSA) is 37.3 Å². The second kappa shape index (κ2) is 6.27. The molecule has 0 saturated heterocycles. The van der Waals surface area contributed by atoms with Gasteiger partial charge < -0.3 is 5.11 Å². The fourth-order valence-corrected chi connectivity index (χ4v) is 0.599. The van der Waals surface area contributed by atoms with Gasteiger partial charge in [0.05, 0.1) is 0 Å². The summed E-state index contributed by atoms with van der Waals surface area (Å²) in [5, 5.41) is 6.89. The lowest BCUT2D eigenvalue weighted by molar-refractivity contribution is -0.122. The molecule has 0 radical (unpaired) electrons. The van der Waals surface area contributed by atoms with Crippen LogP contribution in [0.1, 0.15) is 12.0 Å². The van der Waals surface area contributed by atoms with Gasteiger partial charge in [-0.1, -0.05) is 30.3 Å². The first-order valence-corrected chi connectivity index (χ1v) is 3.13. The van der Waals surface area contributed by atoms with E-state index in [1.807, 2.05) is 0 Å². The van der Waals surface area contributed by atoms with Crippen LogP contribution in [-0.4, -0.2) is 11.6 Å². The van der Waals surface area contributed by atoms with Gasteiger partial charge in [-0.2, -0.15) is 0 Å². The number of hydrogen-bond donors (Lipinski definition) is 1. The minimum Gasteiger partial charge on any atom is -0.483 e. The van der Waals surface area contributed by atoms with Crippen molar-refractivity contribution in [2.45, 2.75) is 6.43 Å². The molecule has 66 valence electrons. The monoisotopic (exact) mass is 174 g/mol. The predicted molar refractivity (Wildman–Crippen MR) is 40.1 cm³/mol. The maximum absolute atomic E-state index is 11.8. The first kappa shape index (κ1) is 10.6. The minimum atomic E-state index is -2.34. The third-order valence-corrected chi connectivity index (χ3v) is 1.05. The fourth-order valence-electron chi connectivity index (χ4n) is 0.599. The molecule has 1 aromatic carbocycles. The summed E-state index contributed by atoms with van der Waals surface area (Å²) in [6, 6.07) is 7.73. The SMILES string of the molecule is FC(F)c1ccccc1.O=CO.